The van der Waals surface area contributed by atoms with Crippen molar-refractivity contribution in [2.45, 2.75) is 24.9 Å². The summed E-state index contributed by atoms with van der Waals surface area (Å²) in [4.78, 5) is 24.4. The maximum absolute atomic E-state index is 13.7. The van der Waals surface area contributed by atoms with Crippen LogP contribution in [0.1, 0.15) is 18.5 Å². The Kier molecular flexibility index (Phi) is 5.88. The molecule has 2 aromatic carbocycles. The van der Waals surface area contributed by atoms with E-state index >= 15 is 0 Å². The van der Waals surface area contributed by atoms with Crippen LogP contribution in [0, 0.1) is 5.92 Å². The summed E-state index contributed by atoms with van der Waals surface area (Å²) in [7, 11) is 0. The lowest BCUT2D eigenvalue weighted by atomic mass is 9.82. The third kappa shape index (κ3) is 4.18. The van der Waals surface area contributed by atoms with Gasteiger partial charge in [-0.05, 0) is 36.8 Å². The number of carbonyl (C=O) groups excluding carboxylic acids is 2. The van der Waals surface area contributed by atoms with Gasteiger partial charge in [0.1, 0.15) is 17.4 Å². The molecule has 10 heteroatoms. The lowest BCUT2D eigenvalue weighted by Gasteiger charge is -2.44. The highest BCUT2D eigenvalue weighted by molar-refractivity contribution is 5.83. The molecule has 1 aliphatic rings. The Labute approximate surface area is 169 Å². The van der Waals surface area contributed by atoms with Crippen molar-refractivity contribution in [3.63, 3.8) is 0 Å². The second-order valence-electron chi connectivity index (χ2n) is 6.56. The molecule has 3 N–H and O–H groups in total. The van der Waals surface area contributed by atoms with Gasteiger partial charge in [-0.15, -0.1) is 0 Å². The van der Waals surface area contributed by atoms with E-state index in [0.717, 1.165) is 0 Å². The second-order valence-corrected chi connectivity index (χ2v) is 6.56. The lowest BCUT2D eigenvalue weighted by molar-refractivity contribution is -0.294. The number of esters is 1. The first-order valence-electron chi connectivity index (χ1n) is 9.03. The van der Waals surface area contributed by atoms with E-state index in [9.17, 15) is 27.9 Å². The van der Waals surface area contributed by atoms with Gasteiger partial charge >= 0.3 is 18.2 Å². The second kappa shape index (κ2) is 8.23. The van der Waals surface area contributed by atoms with Crippen LogP contribution in [0.3, 0.4) is 0 Å². The van der Waals surface area contributed by atoms with E-state index in [1.807, 2.05) is 0 Å². The van der Waals surface area contributed by atoms with Gasteiger partial charge in [0, 0.05) is 0 Å². The Morgan fingerprint density at radius 1 is 1.13 bits per heavy atom. The molecule has 0 radical (unpaired) electrons. The fourth-order valence-corrected chi connectivity index (χ4v) is 3.21. The first-order chi connectivity index (χ1) is 14.2. The quantitative estimate of drug-likeness (QED) is 0.641. The molecular formula is C20H19F3N2O5. The normalized spacial score (nSPS) is 23.8. The number of amides is 2. The van der Waals surface area contributed by atoms with E-state index in [1.54, 1.807) is 36.4 Å². The van der Waals surface area contributed by atoms with Gasteiger partial charge in [0.05, 0.1) is 12.6 Å². The summed E-state index contributed by atoms with van der Waals surface area (Å²) in [5.74, 6) is -2.76. The molecule has 3 atom stereocenters. The van der Waals surface area contributed by atoms with Crippen LogP contribution in [0.4, 0.5) is 18.0 Å². The van der Waals surface area contributed by atoms with Gasteiger partial charge in [-0.25, -0.2) is 4.79 Å². The molecule has 0 aromatic heterocycles. The Hall–Kier alpha value is -3.27. The molecular weight excluding hydrogens is 405 g/mol. The molecule has 7 nitrogen and oxygen atoms in total. The minimum absolute atomic E-state index is 0.124. The molecule has 2 aromatic rings. The Morgan fingerprint density at radius 2 is 1.80 bits per heavy atom. The molecule has 1 saturated heterocycles. The van der Waals surface area contributed by atoms with Crippen molar-refractivity contribution in [3.8, 4) is 11.5 Å². The zero-order valence-corrected chi connectivity index (χ0v) is 15.8. The molecule has 160 valence electrons. The summed E-state index contributed by atoms with van der Waals surface area (Å²) in [5, 5.41) is 14.0. The Morgan fingerprint density at radius 3 is 2.43 bits per heavy atom. The molecule has 0 spiro atoms. The first-order valence-corrected chi connectivity index (χ1v) is 9.03. The number of hydrogen-bond donors (Lipinski definition) is 3. The van der Waals surface area contributed by atoms with Crippen LogP contribution in [0.15, 0.2) is 54.6 Å². The average Bonchev–Trinajstić information content (AvgIpc) is 2.67. The summed E-state index contributed by atoms with van der Waals surface area (Å²) in [6, 6.07) is 11.7. The lowest BCUT2D eigenvalue weighted by Crippen LogP contribution is -2.73. The molecule has 30 heavy (non-hydrogen) atoms. The largest absolute Gasteiger partial charge is 0.466 e. The van der Waals surface area contributed by atoms with Crippen molar-refractivity contribution in [3.05, 3.63) is 60.2 Å². The fourth-order valence-electron chi connectivity index (χ4n) is 3.21. The average molecular weight is 424 g/mol. The van der Waals surface area contributed by atoms with Crippen LogP contribution in [-0.4, -0.2) is 35.6 Å². The van der Waals surface area contributed by atoms with Gasteiger partial charge in [0.2, 0.25) is 0 Å². The van der Waals surface area contributed by atoms with Gasteiger partial charge < -0.3 is 25.2 Å². The molecule has 1 fully saturated rings. The highest BCUT2D eigenvalue weighted by atomic mass is 19.4. The number of benzene rings is 2. The fraction of sp³-hybridized carbons (Fsp3) is 0.300. The number of rotatable bonds is 5. The molecule has 1 aliphatic heterocycles. The number of alkyl halides is 3. The first kappa shape index (κ1) is 21.4. The topological polar surface area (TPSA) is 96.9 Å². The van der Waals surface area contributed by atoms with Crippen LogP contribution >= 0.6 is 0 Å². The van der Waals surface area contributed by atoms with Crippen LogP contribution in [0.5, 0.6) is 11.5 Å². The van der Waals surface area contributed by atoms with E-state index in [2.05, 4.69) is 5.32 Å². The summed E-state index contributed by atoms with van der Waals surface area (Å²) < 4.78 is 51.5. The van der Waals surface area contributed by atoms with E-state index in [-0.39, 0.29) is 17.9 Å². The Balaban J connectivity index is 2.02. The number of hydrogen-bond acceptors (Lipinski definition) is 5. The SMILES string of the molecule is CCOC(=O)[C@@H]1[C@@H](c2cccc(Oc3ccccc3)c2)NC(=O)N[C@@]1(O)C(F)(F)F. The van der Waals surface area contributed by atoms with Gasteiger partial charge in [0.25, 0.3) is 5.72 Å². The summed E-state index contributed by atoms with van der Waals surface area (Å²) >= 11 is 0. The van der Waals surface area contributed by atoms with Crippen molar-refractivity contribution in [2.75, 3.05) is 6.61 Å². The third-order valence-electron chi connectivity index (χ3n) is 4.54. The molecule has 1 heterocycles. The number of para-hydroxylation sites is 1. The smallest absolute Gasteiger partial charge is 0.437 e. The maximum atomic E-state index is 13.7. The van der Waals surface area contributed by atoms with E-state index in [4.69, 9.17) is 9.47 Å². The van der Waals surface area contributed by atoms with Crippen LogP contribution in [0.25, 0.3) is 0 Å². The zero-order chi connectivity index (χ0) is 21.9. The van der Waals surface area contributed by atoms with E-state index in [0.29, 0.717) is 5.75 Å². The minimum Gasteiger partial charge on any atom is -0.466 e. The summed E-state index contributed by atoms with van der Waals surface area (Å²) in [6.07, 6.45) is -5.33. The van der Waals surface area contributed by atoms with Crippen LogP contribution in [0.2, 0.25) is 0 Å². The third-order valence-corrected chi connectivity index (χ3v) is 4.54. The molecule has 2 amide bonds. The number of urea groups is 1. The molecule has 0 unspecified atom stereocenters. The van der Waals surface area contributed by atoms with Gasteiger partial charge in [0.15, 0.2) is 0 Å². The van der Waals surface area contributed by atoms with Crippen LogP contribution in [-0.2, 0) is 9.53 Å². The predicted molar refractivity (Wildman–Crippen MR) is 98.5 cm³/mol. The Bertz CT molecular complexity index is 922. The van der Waals surface area contributed by atoms with Crippen molar-refractivity contribution in [2.24, 2.45) is 5.92 Å². The predicted octanol–water partition coefficient (Wildman–Crippen LogP) is 3.26. The zero-order valence-electron chi connectivity index (χ0n) is 15.8. The highest BCUT2D eigenvalue weighted by Crippen LogP contribution is 2.43. The van der Waals surface area contributed by atoms with Gasteiger partial charge in [-0.2, -0.15) is 13.2 Å². The standard InChI is InChI=1S/C20H19F3N2O5/c1-2-29-17(26)15-16(24-18(27)25-19(15,28)20(21,22)23)12-7-6-10-14(11-12)30-13-8-4-3-5-9-13/h3-11,15-16,28H,2H2,1H3,(H2,24,25,27)/t15-,16+,19-/m0/s1. The number of carbonyl (C=O) groups is 2. The van der Waals surface area contributed by atoms with Crippen LogP contribution < -0.4 is 15.4 Å². The number of ether oxygens (including phenoxy) is 2. The summed E-state index contributed by atoms with van der Waals surface area (Å²) in [5.41, 5.74) is -3.69. The molecule has 0 bridgehead atoms. The molecule has 0 aliphatic carbocycles. The number of halogens is 3. The molecule has 0 saturated carbocycles. The molecule has 3 rings (SSSR count). The maximum Gasteiger partial charge on any atom is 0.437 e. The number of nitrogens with one attached hydrogen (secondary N) is 2. The van der Waals surface area contributed by atoms with Crippen molar-refractivity contribution >= 4 is 12.0 Å². The minimum atomic E-state index is -5.33. The van der Waals surface area contributed by atoms with E-state index in [1.165, 1.54) is 30.4 Å². The van der Waals surface area contributed by atoms with Gasteiger partial charge in [-0.3, -0.25) is 4.79 Å². The van der Waals surface area contributed by atoms with Crippen molar-refractivity contribution in [1.29, 1.82) is 0 Å². The van der Waals surface area contributed by atoms with Gasteiger partial charge in [-0.1, -0.05) is 30.3 Å². The monoisotopic (exact) mass is 424 g/mol. The van der Waals surface area contributed by atoms with E-state index < -0.39 is 35.9 Å². The highest BCUT2D eigenvalue weighted by Gasteiger charge is 2.67. The number of aliphatic hydroxyl groups is 1. The summed E-state index contributed by atoms with van der Waals surface area (Å²) in [6.45, 7) is 1.21. The van der Waals surface area contributed by atoms with Crippen molar-refractivity contribution < 1.29 is 37.3 Å². The van der Waals surface area contributed by atoms with Crippen molar-refractivity contribution in [1.82, 2.24) is 10.6 Å².